The van der Waals surface area contributed by atoms with E-state index < -0.39 is 6.04 Å². The molecule has 3 aromatic rings. The van der Waals surface area contributed by atoms with Gasteiger partial charge in [-0.15, -0.1) is 0 Å². The summed E-state index contributed by atoms with van der Waals surface area (Å²) in [7, 11) is 1.54. The first-order valence-corrected chi connectivity index (χ1v) is 13.0. The van der Waals surface area contributed by atoms with Crippen molar-refractivity contribution in [2.75, 3.05) is 20.3 Å². The molecule has 1 N–H and O–H groups in total. The van der Waals surface area contributed by atoms with Gasteiger partial charge in [0.25, 0.3) is 5.91 Å². The van der Waals surface area contributed by atoms with Gasteiger partial charge >= 0.3 is 0 Å². The average molecular weight is 543 g/mol. The number of carbonyl (C=O) groups excluding carboxylic acids is 2. The van der Waals surface area contributed by atoms with Gasteiger partial charge in [-0.25, -0.2) is 0 Å². The van der Waals surface area contributed by atoms with Gasteiger partial charge in [-0.1, -0.05) is 85.1 Å². The van der Waals surface area contributed by atoms with Crippen LogP contribution in [0.5, 0.6) is 11.5 Å². The smallest absolute Gasteiger partial charge is 0.261 e. The molecule has 3 aromatic carbocycles. The molecule has 196 valence electrons. The Morgan fingerprint density at radius 1 is 0.973 bits per heavy atom. The van der Waals surface area contributed by atoms with E-state index in [1.165, 1.54) is 12.0 Å². The Morgan fingerprint density at radius 2 is 1.68 bits per heavy atom. The third-order valence-electron chi connectivity index (χ3n) is 5.88. The number of para-hydroxylation sites is 2. The van der Waals surface area contributed by atoms with Crippen molar-refractivity contribution in [1.29, 1.82) is 0 Å². The maximum Gasteiger partial charge on any atom is 0.261 e. The van der Waals surface area contributed by atoms with Crippen LogP contribution in [-0.4, -0.2) is 43.0 Å². The number of carbonyl (C=O) groups is 2. The number of methoxy groups -OCH3 is 1. The molecule has 0 unspecified atom stereocenters. The summed E-state index contributed by atoms with van der Waals surface area (Å²) in [5.74, 6) is 0.368. The molecule has 1 atom stereocenters. The predicted octanol–water partition coefficient (Wildman–Crippen LogP) is 5.94. The fourth-order valence-electron chi connectivity index (χ4n) is 3.85. The van der Waals surface area contributed by atoms with E-state index in [4.69, 9.17) is 32.7 Å². The van der Waals surface area contributed by atoms with Gasteiger partial charge in [-0.05, 0) is 41.8 Å². The largest absolute Gasteiger partial charge is 0.493 e. The standard InChI is InChI=1S/C29H32Cl2N2O4/c1-3-4-16-32-29(35)25(17-21-10-6-5-7-11-21)33(19-22-14-15-23(30)18-24(22)31)28(34)20-37-27-13-9-8-12-26(27)36-2/h5-15,18,25H,3-4,16-17,19-20H2,1-2H3,(H,32,35)/t25-/m1/s1. The van der Waals surface area contributed by atoms with Crippen LogP contribution in [0.25, 0.3) is 0 Å². The van der Waals surface area contributed by atoms with Crippen LogP contribution in [0.3, 0.4) is 0 Å². The molecular weight excluding hydrogens is 511 g/mol. The van der Waals surface area contributed by atoms with Crippen molar-refractivity contribution in [3.8, 4) is 11.5 Å². The Balaban J connectivity index is 1.93. The molecule has 0 bridgehead atoms. The van der Waals surface area contributed by atoms with Crippen LogP contribution in [0.2, 0.25) is 10.0 Å². The van der Waals surface area contributed by atoms with Crippen LogP contribution in [0.15, 0.2) is 72.8 Å². The van der Waals surface area contributed by atoms with Crippen molar-refractivity contribution >= 4 is 35.0 Å². The van der Waals surface area contributed by atoms with E-state index in [1.54, 1.807) is 36.4 Å². The maximum atomic E-state index is 13.7. The molecule has 0 saturated carbocycles. The van der Waals surface area contributed by atoms with Crippen molar-refractivity contribution in [2.24, 2.45) is 0 Å². The Kier molecular flexibility index (Phi) is 11.1. The molecule has 0 aliphatic carbocycles. The van der Waals surface area contributed by atoms with Crippen LogP contribution in [-0.2, 0) is 22.6 Å². The van der Waals surface area contributed by atoms with Crippen LogP contribution in [0.1, 0.15) is 30.9 Å². The summed E-state index contributed by atoms with van der Waals surface area (Å²) in [4.78, 5) is 28.7. The molecule has 0 radical (unpaired) electrons. The first-order valence-electron chi connectivity index (χ1n) is 12.2. The van der Waals surface area contributed by atoms with E-state index in [-0.39, 0.29) is 25.0 Å². The van der Waals surface area contributed by atoms with E-state index in [0.29, 0.717) is 40.1 Å². The molecule has 6 nitrogen and oxygen atoms in total. The highest BCUT2D eigenvalue weighted by atomic mass is 35.5. The lowest BCUT2D eigenvalue weighted by atomic mass is 10.0. The zero-order valence-electron chi connectivity index (χ0n) is 21.1. The van der Waals surface area contributed by atoms with E-state index in [0.717, 1.165) is 18.4 Å². The lowest BCUT2D eigenvalue weighted by Gasteiger charge is -2.32. The fourth-order valence-corrected chi connectivity index (χ4v) is 4.32. The number of benzene rings is 3. The fraction of sp³-hybridized carbons (Fsp3) is 0.310. The van der Waals surface area contributed by atoms with Crippen molar-refractivity contribution < 1.29 is 19.1 Å². The second-order valence-electron chi connectivity index (χ2n) is 8.55. The number of nitrogens with zero attached hydrogens (tertiary/aromatic N) is 1. The summed E-state index contributed by atoms with van der Waals surface area (Å²) in [5, 5.41) is 3.90. The lowest BCUT2D eigenvalue weighted by Crippen LogP contribution is -2.51. The third kappa shape index (κ3) is 8.41. The van der Waals surface area contributed by atoms with Gasteiger partial charge in [-0.3, -0.25) is 9.59 Å². The molecule has 8 heteroatoms. The number of halogens is 2. The molecule has 37 heavy (non-hydrogen) atoms. The van der Waals surface area contributed by atoms with Crippen molar-refractivity contribution in [2.45, 2.75) is 38.8 Å². The number of ether oxygens (including phenoxy) is 2. The highest BCUT2D eigenvalue weighted by Crippen LogP contribution is 2.27. The minimum Gasteiger partial charge on any atom is -0.493 e. The molecule has 0 aliphatic rings. The molecule has 0 fully saturated rings. The van der Waals surface area contributed by atoms with E-state index in [9.17, 15) is 9.59 Å². The minimum atomic E-state index is -0.778. The molecule has 0 spiro atoms. The topological polar surface area (TPSA) is 67.9 Å². The number of unbranched alkanes of at least 4 members (excludes halogenated alkanes) is 1. The zero-order chi connectivity index (χ0) is 26.6. The van der Waals surface area contributed by atoms with Crippen molar-refractivity contribution in [1.82, 2.24) is 10.2 Å². The summed E-state index contributed by atoms with van der Waals surface area (Å²) in [6.07, 6.45) is 2.13. The SMILES string of the molecule is CCCCNC(=O)[C@@H](Cc1ccccc1)N(Cc1ccc(Cl)cc1Cl)C(=O)COc1ccccc1OC. The summed E-state index contributed by atoms with van der Waals surface area (Å²) in [5.41, 5.74) is 1.61. The molecule has 0 aromatic heterocycles. The van der Waals surface area contributed by atoms with Crippen LogP contribution >= 0.6 is 23.2 Å². The van der Waals surface area contributed by atoms with E-state index in [2.05, 4.69) is 12.2 Å². The summed E-state index contributed by atoms with van der Waals surface area (Å²) < 4.78 is 11.2. The Bertz CT molecular complexity index is 1170. The van der Waals surface area contributed by atoms with Crippen LogP contribution < -0.4 is 14.8 Å². The van der Waals surface area contributed by atoms with Gasteiger partial charge in [0, 0.05) is 29.6 Å². The summed E-state index contributed by atoms with van der Waals surface area (Å²) in [6, 6.07) is 21.0. The monoisotopic (exact) mass is 542 g/mol. The van der Waals surface area contributed by atoms with Gasteiger partial charge < -0.3 is 19.7 Å². The quantitative estimate of drug-likeness (QED) is 0.271. The molecule has 0 aliphatic heterocycles. The van der Waals surface area contributed by atoms with Gasteiger partial charge in [0.15, 0.2) is 18.1 Å². The first-order chi connectivity index (χ1) is 17.9. The second-order valence-corrected chi connectivity index (χ2v) is 9.39. The van der Waals surface area contributed by atoms with Crippen molar-refractivity contribution in [3.63, 3.8) is 0 Å². The second kappa shape index (κ2) is 14.5. The minimum absolute atomic E-state index is 0.114. The van der Waals surface area contributed by atoms with Gasteiger partial charge in [0.05, 0.1) is 7.11 Å². The number of hydrogen-bond acceptors (Lipinski definition) is 4. The predicted molar refractivity (Wildman–Crippen MR) is 147 cm³/mol. The zero-order valence-corrected chi connectivity index (χ0v) is 22.6. The highest BCUT2D eigenvalue weighted by Gasteiger charge is 2.31. The molecule has 2 amide bonds. The van der Waals surface area contributed by atoms with Crippen LogP contribution in [0.4, 0.5) is 0 Å². The van der Waals surface area contributed by atoms with E-state index >= 15 is 0 Å². The van der Waals surface area contributed by atoms with Crippen molar-refractivity contribution in [3.05, 3.63) is 94.0 Å². The number of hydrogen-bond donors (Lipinski definition) is 1. The number of nitrogens with one attached hydrogen (secondary N) is 1. The highest BCUT2D eigenvalue weighted by molar-refractivity contribution is 6.35. The average Bonchev–Trinajstić information content (AvgIpc) is 2.91. The Hall–Kier alpha value is -3.22. The molecule has 3 rings (SSSR count). The summed E-state index contributed by atoms with van der Waals surface area (Å²) in [6.45, 7) is 2.42. The van der Waals surface area contributed by atoms with Crippen LogP contribution in [0, 0.1) is 0 Å². The number of amides is 2. The Labute approximate surface area is 228 Å². The van der Waals surface area contributed by atoms with Gasteiger partial charge in [0.2, 0.25) is 5.91 Å². The first kappa shape index (κ1) is 28.4. The molecular formula is C29H32Cl2N2O4. The number of rotatable bonds is 13. The molecule has 0 saturated heterocycles. The summed E-state index contributed by atoms with van der Waals surface area (Å²) >= 11 is 12.6. The van der Waals surface area contributed by atoms with Gasteiger partial charge in [-0.2, -0.15) is 0 Å². The Morgan fingerprint density at radius 3 is 2.35 bits per heavy atom. The van der Waals surface area contributed by atoms with Gasteiger partial charge in [0.1, 0.15) is 6.04 Å². The molecule has 0 heterocycles. The normalized spacial score (nSPS) is 11.5. The third-order valence-corrected chi connectivity index (χ3v) is 6.46. The van der Waals surface area contributed by atoms with E-state index in [1.807, 2.05) is 36.4 Å². The lowest BCUT2D eigenvalue weighted by molar-refractivity contribution is -0.142. The maximum absolute atomic E-state index is 13.7.